The first-order valence-corrected chi connectivity index (χ1v) is 20.3. The van der Waals surface area contributed by atoms with E-state index in [2.05, 4.69) is 30.3 Å². The molecule has 2 nitrogen and oxygen atoms in total. The maximum absolute atomic E-state index is 9.72. The number of rotatable bonds is 7. The van der Waals surface area contributed by atoms with Gasteiger partial charge in [0.15, 0.2) is 0 Å². The van der Waals surface area contributed by atoms with E-state index in [4.69, 9.17) is 4.42 Å². The van der Waals surface area contributed by atoms with Crippen LogP contribution in [0.5, 0.6) is 0 Å². The van der Waals surface area contributed by atoms with Gasteiger partial charge < -0.3 is 9.32 Å². The molecule has 1 heterocycles. The molecule has 62 heavy (non-hydrogen) atoms. The van der Waals surface area contributed by atoms with Crippen molar-refractivity contribution < 1.29 is 20.9 Å². The number of anilines is 3. The summed E-state index contributed by atoms with van der Waals surface area (Å²) in [6.45, 7) is 0. The Kier molecular flexibility index (Phi) is 6.08. The Morgan fingerprint density at radius 2 is 0.758 bits per heavy atom. The number of benzene rings is 11. The first-order valence-electron chi connectivity index (χ1n) is 26.3. The summed E-state index contributed by atoms with van der Waals surface area (Å²) in [5.41, 5.74) is 1.88. The molecule has 0 spiro atoms. The van der Waals surface area contributed by atoms with Crippen LogP contribution < -0.4 is 4.90 Å². The van der Waals surface area contributed by atoms with E-state index in [1.807, 2.05) is 72.8 Å². The lowest BCUT2D eigenvalue weighted by Crippen LogP contribution is -2.09. The molecule has 0 N–H and O–H groups in total. The topological polar surface area (TPSA) is 16.4 Å². The van der Waals surface area contributed by atoms with Gasteiger partial charge in [-0.1, -0.05) is 188 Å². The highest BCUT2D eigenvalue weighted by atomic mass is 16.3. The minimum absolute atomic E-state index is 0.0500. The van der Waals surface area contributed by atoms with E-state index in [9.17, 15) is 16.4 Å². The van der Waals surface area contributed by atoms with Gasteiger partial charge in [-0.3, -0.25) is 0 Å². The molecule has 0 bridgehead atoms. The summed E-state index contributed by atoms with van der Waals surface area (Å²) in [6.07, 6.45) is 0. The van der Waals surface area contributed by atoms with Crippen LogP contribution in [0.3, 0.4) is 0 Å². The molecule has 0 aliphatic carbocycles. The third kappa shape index (κ3) is 6.12. The molecule has 0 aliphatic heterocycles. The van der Waals surface area contributed by atoms with Crippen LogP contribution in [0, 0.1) is 0 Å². The van der Waals surface area contributed by atoms with Crippen LogP contribution in [0.2, 0.25) is 0 Å². The molecule has 2 heteroatoms. The van der Waals surface area contributed by atoms with E-state index >= 15 is 0 Å². The fourth-order valence-electron chi connectivity index (χ4n) is 8.54. The summed E-state index contributed by atoms with van der Waals surface area (Å²) in [4.78, 5) is 0.851. The molecule has 0 amide bonds. The van der Waals surface area contributed by atoms with Crippen molar-refractivity contribution in [1.29, 1.82) is 0 Å². The predicted molar refractivity (Wildman–Crippen MR) is 263 cm³/mol. The average Bonchev–Trinajstić information content (AvgIpc) is 3.81. The Hall–Kier alpha value is -8.20. The molecule has 0 saturated heterocycles. The molecule has 0 saturated carbocycles. The fourth-order valence-corrected chi connectivity index (χ4v) is 8.54. The molecule has 290 valence electrons. The molecular formula is C60H39NO. The Bertz CT molecular complexity index is 4270. The summed E-state index contributed by atoms with van der Waals surface area (Å²) >= 11 is 0. The van der Waals surface area contributed by atoms with Crippen molar-refractivity contribution in [2.24, 2.45) is 0 Å². The van der Waals surface area contributed by atoms with Gasteiger partial charge >= 0.3 is 0 Å². The predicted octanol–water partition coefficient (Wildman–Crippen LogP) is 17.2. The van der Waals surface area contributed by atoms with Crippen LogP contribution in [0.1, 0.15) is 16.4 Å². The smallest absolute Gasteiger partial charge is 0.136 e. The van der Waals surface area contributed by atoms with E-state index in [-0.39, 0.29) is 16.7 Å². The minimum atomic E-state index is -0.696. The van der Waals surface area contributed by atoms with Gasteiger partial charge in [0.1, 0.15) is 11.2 Å². The molecule has 12 rings (SSSR count). The standard InChI is InChI=1S/C60H39NO/c1-3-13-50-42(10-1)12-7-16-51(50)45-28-35-48(36-29-45)61(49-37-30-46(31-38-49)54-18-9-21-59-60(54)57-15-5-6-20-58(57)62-59)47-33-26-41(27-34-47)40-22-24-44(25-23-40)53-17-8-19-55-52-14-4-2-11-43(52)32-39-56(53)55/h1-39H/i26D,27D,28D,29D,30D,31D,33D,34D,35D,36D,37D,38D. The first-order chi connectivity index (χ1) is 35.8. The number of para-hydroxylation sites is 1. The van der Waals surface area contributed by atoms with Gasteiger partial charge in [0.25, 0.3) is 0 Å². The van der Waals surface area contributed by atoms with E-state index in [0.29, 0.717) is 44.0 Å². The highest BCUT2D eigenvalue weighted by molar-refractivity contribution is 6.13. The van der Waals surface area contributed by atoms with Crippen LogP contribution in [0.25, 0.3) is 98.8 Å². The quantitative estimate of drug-likeness (QED) is 0.149. The number of hydrogen-bond acceptors (Lipinski definition) is 2. The van der Waals surface area contributed by atoms with E-state index in [1.54, 1.807) is 60.7 Å². The second kappa shape index (κ2) is 14.8. The van der Waals surface area contributed by atoms with Crippen molar-refractivity contribution in [3.63, 3.8) is 0 Å². The normalized spacial score (nSPS) is 14.3. The number of hydrogen-bond donors (Lipinski definition) is 0. The summed E-state index contributed by atoms with van der Waals surface area (Å²) < 4.78 is 122. The zero-order chi connectivity index (χ0) is 51.4. The van der Waals surface area contributed by atoms with Crippen molar-refractivity contribution >= 4 is 71.3 Å². The maximum Gasteiger partial charge on any atom is 0.136 e. The summed E-state index contributed by atoms with van der Waals surface area (Å²) in [6, 6.07) is 43.2. The van der Waals surface area contributed by atoms with Crippen molar-refractivity contribution in [3.8, 4) is 44.5 Å². The van der Waals surface area contributed by atoms with Crippen molar-refractivity contribution in [1.82, 2.24) is 0 Å². The van der Waals surface area contributed by atoms with Crippen LogP contribution in [-0.2, 0) is 0 Å². The summed E-state index contributed by atoms with van der Waals surface area (Å²) in [5.74, 6) is 0. The Labute approximate surface area is 377 Å². The Morgan fingerprint density at radius 3 is 1.47 bits per heavy atom. The molecule has 0 atom stereocenters. The van der Waals surface area contributed by atoms with Gasteiger partial charge in [-0.05, 0) is 125 Å². The molecule has 0 radical (unpaired) electrons. The van der Waals surface area contributed by atoms with Gasteiger partial charge in [-0.25, -0.2) is 0 Å². The monoisotopic (exact) mass is 801 g/mol. The molecule has 1 aromatic heterocycles. The van der Waals surface area contributed by atoms with E-state index in [1.165, 1.54) is 0 Å². The van der Waals surface area contributed by atoms with Crippen molar-refractivity contribution in [2.45, 2.75) is 0 Å². The van der Waals surface area contributed by atoms with E-state index < -0.39 is 89.6 Å². The zero-order valence-electron chi connectivity index (χ0n) is 44.9. The van der Waals surface area contributed by atoms with Crippen LogP contribution in [0.4, 0.5) is 17.1 Å². The van der Waals surface area contributed by atoms with Crippen molar-refractivity contribution in [2.75, 3.05) is 4.90 Å². The molecular weight excluding hydrogens is 751 g/mol. The molecule has 11 aromatic carbocycles. The average molecular weight is 802 g/mol. The SMILES string of the molecule is [2H]c1c([2H])c(N(c2c([2H])c([2H])c(-c3cccc4ccccc34)c([2H])c2[2H])c2c([2H])c([2H])c(-c3cccc4oc5ccccc5c34)c([2H])c2[2H])c([2H])c([2H])c1-c1ccc(-c2cccc3c2ccc2ccccc23)cc1. The Morgan fingerprint density at radius 1 is 0.290 bits per heavy atom. The summed E-state index contributed by atoms with van der Waals surface area (Å²) in [7, 11) is 0. The third-order valence-electron chi connectivity index (χ3n) is 11.5. The van der Waals surface area contributed by atoms with Gasteiger partial charge in [0, 0.05) is 27.8 Å². The maximum atomic E-state index is 9.72. The molecule has 0 fully saturated rings. The largest absolute Gasteiger partial charge is 0.456 e. The molecule has 0 aliphatic rings. The van der Waals surface area contributed by atoms with Crippen LogP contribution in [0.15, 0.2) is 241 Å². The molecule has 12 aromatic rings. The van der Waals surface area contributed by atoms with Gasteiger partial charge in [-0.2, -0.15) is 0 Å². The second-order valence-electron chi connectivity index (χ2n) is 15.1. The number of nitrogens with zero attached hydrogens (tertiary/aromatic N) is 1. The lowest BCUT2D eigenvalue weighted by Gasteiger charge is -2.26. The second-order valence-corrected chi connectivity index (χ2v) is 15.1. The lowest BCUT2D eigenvalue weighted by atomic mass is 9.93. The van der Waals surface area contributed by atoms with Gasteiger partial charge in [0.05, 0.1) is 16.4 Å². The highest BCUT2D eigenvalue weighted by Gasteiger charge is 2.17. The van der Waals surface area contributed by atoms with Crippen molar-refractivity contribution in [3.05, 3.63) is 236 Å². The van der Waals surface area contributed by atoms with Gasteiger partial charge in [0.2, 0.25) is 0 Å². The van der Waals surface area contributed by atoms with Crippen LogP contribution in [-0.4, -0.2) is 0 Å². The van der Waals surface area contributed by atoms with Gasteiger partial charge in [-0.15, -0.1) is 0 Å². The Balaban J connectivity index is 1.08. The first kappa shape index (κ1) is 25.4. The number of fused-ring (bicyclic) bond motifs is 7. The van der Waals surface area contributed by atoms with E-state index in [0.717, 1.165) is 43.0 Å². The summed E-state index contributed by atoms with van der Waals surface area (Å²) in [5, 5.41) is 7.00. The molecule has 0 unspecified atom stereocenters. The number of furan rings is 1. The highest BCUT2D eigenvalue weighted by Crippen LogP contribution is 2.41. The lowest BCUT2D eigenvalue weighted by molar-refractivity contribution is 0.669. The zero-order valence-corrected chi connectivity index (χ0v) is 32.9. The third-order valence-corrected chi connectivity index (χ3v) is 11.5. The van der Waals surface area contributed by atoms with Crippen LogP contribution >= 0.6 is 0 Å². The minimum Gasteiger partial charge on any atom is -0.456 e. The fraction of sp³-hybridized carbons (Fsp3) is 0.